The minimum Gasteiger partial charge on any atom is -0.398 e. The SMILES string of the molecule is CC1CCCN(C(=O)c2cc(N)c(Cl)cc2Cl)C1. The Labute approximate surface area is 117 Å². The molecule has 18 heavy (non-hydrogen) atoms. The summed E-state index contributed by atoms with van der Waals surface area (Å²) in [6, 6.07) is 3.09. The molecule has 0 bridgehead atoms. The highest BCUT2D eigenvalue weighted by atomic mass is 35.5. The van der Waals surface area contributed by atoms with E-state index in [1.165, 1.54) is 12.5 Å². The molecular weight excluding hydrogens is 271 g/mol. The molecule has 2 N–H and O–H groups in total. The quantitative estimate of drug-likeness (QED) is 0.804. The smallest absolute Gasteiger partial charge is 0.255 e. The maximum atomic E-state index is 12.4. The molecule has 5 heteroatoms. The third-order valence-electron chi connectivity index (χ3n) is 3.26. The zero-order chi connectivity index (χ0) is 13.3. The number of amides is 1. The maximum absolute atomic E-state index is 12.4. The van der Waals surface area contributed by atoms with E-state index in [-0.39, 0.29) is 5.91 Å². The Kier molecular flexibility index (Phi) is 4.03. The van der Waals surface area contributed by atoms with E-state index in [0.29, 0.717) is 27.2 Å². The molecule has 1 fully saturated rings. The lowest BCUT2D eigenvalue weighted by Gasteiger charge is -2.31. The number of hydrogen-bond acceptors (Lipinski definition) is 2. The van der Waals surface area contributed by atoms with Crippen molar-refractivity contribution in [2.24, 2.45) is 5.92 Å². The van der Waals surface area contributed by atoms with Gasteiger partial charge in [0.15, 0.2) is 0 Å². The van der Waals surface area contributed by atoms with Crippen LogP contribution in [0.3, 0.4) is 0 Å². The number of rotatable bonds is 1. The van der Waals surface area contributed by atoms with Gasteiger partial charge in [-0.2, -0.15) is 0 Å². The van der Waals surface area contributed by atoms with E-state index in [1.54, 1.807) is 6.07 Å². The van der Waals surface area contributed by atoms with Gasteiger partial charge in [0.05, 0.1) is 21.3 Å². The molecule has 1 saturated heterocycles. The highest BCUT2D eigenvalue weighted by Crippen LogP contribution is 2.29. The number of nitrogens with two attached hydrogens (primary N) is 1. The molecule has 1 aliphatic heterocycles. The Morgan fingerprint density at radius 2 is 2.11 bits per heavy atom. The Balaban J connectivity index is 2.25. The normalized spacial score (nSPS) is 19.9. The van der Waals surface area contributed by atoms with Crippen molar-refractivity contribution in [3.8, 4) is 0 Å². The van der Waals surface area contributed by atoms with Gasteiger partial charge in [-0.05, 0) is 30.9 Å². The summed E-state index contributed by atoms with van der Waals surface area (Å²) < 4.78 is 0. The van der Waals surface area contributed by atoms with Crippen molar-refractivity contribution < 1.29 is 4.79 Å². The van der Waals surface area contributed by atoms with Gasteiger partial charge in [-0.15, -0.1) is 0 Å². The fraction of sp³-hybridized carbons (Fsp3) is 0.462. The molecule has 0 aliphatic carbocycles. The maximum Gasteiger partial charge on any atom is 0.255 e. The summed E-state index contributed by atoms with van der Waals surface area (Å²) in [6.45, 7) is 3.71. The standard InChI is InChI=1S/C13H16Cl2N2O/c1-8-3-2-4-17(7-8)13(18)9-5-12(16)11(15)6-10(9)14/h5-6,8H,2-4,7,16H2,1H3. The number of carbonyl (C=O) groups excluding carboxylic acids is 1. The van der Waals surface area contributed by atoms with Gasteiger partial charge < -0.3 is 10.6 Å². The van der Waals surface area contributed by atoms with Crippen LogP contribution in [0.25, 0.3) is 0 Å². The van der Waals surface area contributed by atoms with Gasteiger partial charge in [0.25, 0.3) is 5.91 Å². The molecule has 1 amide bonds. The van der Waals surface area contributed by atoms with Crippen LogP contribution in [0.4, 0.5) is 5.69 Å². The summed E-state index contributed by atoms with van der Waals surface area (Å²) in [7, 11) is 0. The Morgan fingerprint density at radius 3 is 2.78 bits per heavy atom. The van der Waals surface area contributed by atoms with Gasteiger partial charge in [0, 0.05) is 13.1 Å². The van der Waals surface area contributed by atoms with Crippen molar-refractivity contribution in [2.75, 3.05) is 18.8 Å². The zero-order valence-corrected chi connectivity index (χ0v) is 11.8. The molecule has 0 spiro atoms. The summed E-state index contributed by atoms with van der Waals surface area (Å²) >= 11 is 11.9. The largest absolute Gasteiger partial charge is 0.398 e. The first-order chi connectivity index (χ1) is 8.49. The van der Waals surface area contributed by atoms with E-state index >= 15 is 0 Å². The van der Waals surface area contributed by atoms with Crippen molar-refractivity contribution >= 4 is 34.8 Å². The molecule has 3 nitrogen and oxygen atoms in total. The summed E-state index contributed by atoms with van der Waals surface area (Å²) in [4.78, 5) is 14.2. The van der Waals surface area contributed by atoms with Crippen molar-refractivity contribution in [2.45, 2.75) is 19.8 Å². The Bertz CT molecular complexity index is 476. The number of nitrogen functional groups attached to an aromatic ring is 1. The monoisotopic (exact) mass is 286 g/mol. The van der Waals surface area contributed by atoms with Crippen molar-refractivity contribution in [1.82, 2.24) is 4.90 Å². The molecular formula is C13H16Cl2N2O. The number of hydrogen-bond donors (Lipinski definition) is 1. The third kappa shape index (κ3) is 2.73. The van der Waals surface area contributed by atoms with Gasteiger partial charge in [-0.25, -0.2) is 0 Å². The molecule has 0 aromatic heterocycles. The van der Waals surface area contributed by atoms with Crippen molar-refractivity contribution in [1.29, 1.82) is 0 Å². The first kappa shape index (κ1) is 13.5. The van der Waals surface area contributed by atoms with Crippen LogP contribution < -0.4 is 5.73 Å². The van der Waals surface area contributed by atoms with Crippen LogP contribution in [0, 0.1) is 5.92 Å². The molecule has 1 heterocycles. The minimum absolute atomic E-state index is 0.0603. The molecule has 0 saturated carbocycles. The molecule has 98 valence electrons. The highest BCUT2D eigenvalue weighted by Gasteiger charge is 2.24. The van der Waals surface area contributed by atoms with E-state index in [1.807, 2.05) is 4.90 Å². The predicted octanol–water partition coefficient (Wildman–Crippen LogP) is 3.45. The van der Waals surface area contributed by atoms with E-state index in [2.05, 4.69) is 6.92 Å². The Hall–Kier alpha value is -0.930. The van der Waals surface area contributed by atoms with Crippen molar-refractivity contribution in [3.63, 3.8) is 0 Å². The molecule has 2 rings (SSSR count). The summed E-state index contributed by atoms with van der Waals surface area (Å²) in [6.07, 6.45) is 2.20. The number of benzene rings is 1. The second kappa shape index (κ2) is 5.37. The Morgan fingerprint density at radius 1 is 1.39 bits per heavy atom. The summed E-state index contributed by atoms with van der Waals surface area (Å²) in [5.41, 5.74) is 6.54. The second-order valence-corrected chi connectivity index (χ2v) is 5.67. The first-order valence-electron chi connectivity index (χ1n) is 6.03. The molecule has 0 radical (unpaired) electrons. The average Bonchev–Trinajstić information content (AvgIpc) is 2.33. The summed E-state index contributed by atoms with van der Waals surface area (Å²) in [5, 5.41) is 0.737. The van der Waals surface area contributed by atoms with Gasteiger partial charge in [-0.3, -0.25) is 4.79 Å². The number of halogens is 2. The van der Waals surface area contributed by atoms with Crippen LogP contribution in [0.1, 0.15) is 30.1 Å². The molecule has 1 atom stereocenters. The third-order valence-corrected chi connectivity index (χ3v) is 3.90. The topological polar surface area (TPSA) is 46.3 Å². The van der Waals surface area contributed by atoms with Crippen LogP contribution in [-0.2, 0) is 0 Å². The van der Waals surface area contributed by atoms with Gasteiger partial charge >= 0.3 is 0 Å². The number of piperidine rings is 1. The number of anilines is 1. The fourth-order valence-electron chi connectivity index (χ4n) is 2.27. The van der Waals surface area contributed by atoms with E-state index in [9.17, 15) is 4.79 Å². The average molecular weight is 287 g/mol. The molecule has 1 aromatic carbocycles. The molecule has 1 aromatic rings. The van der Waals surface area contributed by atoms with Gasteiger partial charge in [0.1, 0.15) is 0 Å². The molecule has 1 aliphatic rings. The highest BCUT2D eigenvalue weighted by molar-refractivity contribution is 6.38. The lowest BCUT2D eigenvalue weighted by atomic mass is 9.99. The summed E-state index contributed by atoms with van der Waals surface area (Å²) in [5.74, 6) is 0.473. The lowest BCUT2D eigenvalue weighted by molar-refractivity contribution is 0.0683. The molecule has 1 unspecified atom stereocenters. The minimum atomic E-state index is -0.0603. The number of likely N-dealkylation sites (tertiary alicyclic amines) is 1. The van der Waals surface area contributed by atoms with Crippen LogP contribution >= 0.6 is 23.2 Å². The number of carbonyl (C=O) groups is 1. The lowest BCUT2D eigenvalue weighted by Crippen LogP contribution is -2.39. The predicted molar refractivity (Wildman–Crippen MR) is 75.2 cm³/mol. The van der Waals surface area contributed by atoms with Crippen LogP contribution in [0.15, 0.2) is 12.1 Å². The van der Waals surface area contributed by atoms with E-state index < -0.39 is 0 Å². The van der Waals surface area contributed by atoms with Crippen LogP contribution in [0.2, 0.25) is 10.0 Å². The van der Waals surface area contributed by atoms with Gasteiger partial charge in [0.2, 0.25) is 0 Å². The first-order valence-corrected chi connectivity index (χ1v) is 6.78. The van der Waals surface area contributed by atoms with E-state index in [4.69, 9.17) is 28.9 Å². The van der Waals surface area contributed by atoms with Gasteiger partial charge in [-0.1, -0.05) is 30.1 Å². The van der Waals surface area contributed by atoms with Crippen LogP contribution in [0.5, 0.6) is 0 Å². The van der Waals surface area contributed by atoms with Crippen LogP contribution in [-0.4, -0.2) is 23.9 Å². The zero-order valence-electron chi connectivity index (χ0n) is 10.2. The van der Waals surface area contributed by atoms with E-state index in [0.717, 1.165) is 19.5 Å². The fourth-order valence-corrected chi connectivity index (χ4v) is 2.74. The number of nitrogens with zero attached hydrogens (tertiary/aromatic N) is 1. The van der Waals surface area contributed by atoms with Crippen molar-refractivity contribution in [3.05, 3.63) is 27.7 Å². The second-order valence-electron chi connectivity index (χ2n) is 4.85.